The summed E-state index contributed by atoms with van der Waals surface area (Å²) in [6.45, 7) is 6.25. The summed E-state index contributed by atoms with van der Waals surface area (Å²) in [5, 5.41) is 3.08. The van der Waals surface area contributed by atoms with Crippen LogP contribution in [0.3, 0.4) is 0 Å². The molecule has 0 saturated carbocycles. The van der Waals surface area contributed by atoms with E-state index in [4.69, 9.17) is 0 Å². The second kappa shape index (κ2) is 7.17. The molecule has 1 aromatic rings. The molecule has 0 aromatic carbocycles. The molecule has 17 heavy (non-hydrogen) atoms. The SMILES string of the molecule is CC(C)N(C)CCCCNc1cc(F)ncn1. The van der Waals surface area contributed by atoms with E-state index in [9.17, 15) is 4.39 Å². The number of rotatable bonds is 7. The molecule has 0 amide bonds. The van der Waals surface area contributed by atoms with Crippen LogP contribution in [0.2, 0.25) is 0 Å². The summed E-state index contributed by atoms with van der Waals surface area (Å²) in [5.41, 5.74) is 0. The molecular weight excluding hydrogens is 219 g/mol. The highest BCUT2D eigenvalue weighted by atomic mass is 19.1. The van der Waals surface area contributed by atoms with E-state index < -0.39 is 5.95 Å². The standard InChI is InChI=1S/C12H21FN4/c1-10(2)17(3)7-5-4-6-14-12-8-11(13)15-9-16-12/h8-10H,4-7H2,1-3H3,(H,14,15,16). The van der Waals surface area contributed by atoms with Gasteiger partial charge in [-0.15, -0.1) is 0 Å². The molecule has 0 radical (unpaired) electrons. The van der Waals surface area contributed by atoms with Crippen LogP contribution in [0.5, 0.6) is 0 Å². The van der Waals surface area contributed by atoms with Crippen LogP contribution in [0.25, 0.3) is 0 Å². The Hall–Kier alpha value is -1.23. The first-order valence-electron chi connectivity index (χ1n) is 6.01. The van der Waals surface area contributed by atoms with Gasteiger partial charge in [0.2, 0.25) is 5.95 Å². The van der Waals surface area contributed by atoms with Crippen molar-refractivity contribution in [1.82, 2.24) is 14.9 Å². The average molecular weight is 240 g/mol. The predicted octanol–water partition coefficient (Wildman–Crippen LogP) is 2.15. The number of unbranched alkanes of at least 4 members (excludes halogenated alkanes) is 1. The summed E-state index contributed by atoms with van der Waals surface area (Å²) in [6, 6.07) is 1.89. The van der Waals surface area contributed by atoms with Gasteiger partial charge in [-0.3, -0.25) is 0 Å². The molecule has 1 heterocycles. The first-order chi connectivity index (χ1) is 8.09. The molecule has 0 fully saturated rings. The molecule has 1 N–H and O–H groups in total. The summed E-state index contributed by atoms with van der Waals surface area (Å²) in [5.74, 6) is 0.0526. The van der Waals surface area contributed by atoms with Crippen LogP contribution in [-0.4, -0.2) is 41.0 Å². The second-order valence-corrected chi connectivity index (χ2v) is 4.43. The van der Waals surface area contributed by atoms with Crippen molar-refractivity contribution in [2.45, 2.75) is 32.7 Å². The van der Waals surface area contributed by atoms with Crippen LogP contribution >= 0.6 is 0 Å². The summed E-state index contributed by atoms with van der Waals surface area (Å²) < 4.78 is 12.7. The molecule has 0 aliphatic heterocycles. The highest BCUT2D eigenvalue weighted by Crippen LogP contribution is 2.03. The van der Waals surface area contributed by atoms with Gasteiger partial charge in [0.05, 0.1) is 0 Å². The Morgan fingerprint density at radius 1 is 1.35 bits per heavy atom. The quantitative estimate of drug-likeness (QED) is 0.585. The van der Waals surface area contributed by atoms with Gasteiger partial charge in [0, 0.05) is 18.7 Å². The molecule has 4 nitrogen and oxygen atoms in total. The molecule has 96 valence electrons. The van der Waals surface area contributed by atoms with Crippen molar-refractivity contribution >= 4 is 5.82 Å². The van der Waals surface area contributed by atoms with E-state index in [2.05, 4.69) is 41.1 Å². The van der Waals surface area contributed by atoms with Gasteiger partial charge in [-0.05, 0) is 40.3 Å². The molecule has 5 heteroatoms. The van der Waals surface area contributed by atoms with Crippen molar-refractivity contribution in [1.29, 1.82) is 0 Å². The molecule has 0 saturated heterocycles. The van der Waals surface area contributed by atoms with E-state index in [0.29, 0.717) is 11.9 Å². The van der Waals surface area contributed by atoms with Gasteiger partial charge in [-0.2, -0.15) is 4.39 Å². The number of hydrogen-bond acceptors (Lipinski definition) is 4. The summed E-state index contributed by atoms with van der Waals surface area (Å²) in [4.78, 5) is 9.64. The maximum atomic E-state index is 12.7. The Labute approximate surface area is 102 Å². The van der Waals surface area contributed by atoms with Gasteiger partial charge in [0.25, 0.3) is 0 Å². The lowest BCUT2D eigenvalue weighted by molar-refractivity contribution is 0.269. The van der Waals surface area contributed by atoms with Crippen LogP contribution < -0.4 is 5.32 Å². The fourth-order valence-electron chi connectivity index (χ4n) is 1.39. The van der Waals surface area contributed by atoms with E-state index in [1.54, 1.807) is 0 Å². The van der Waals surface area contributed by atoms with E-state index in [-0.39, 0.29) is 0 Å². The summed E-state index contributed by atoms with van der Waals surface area (Å²) >= 11 is 0. The number of anilines is 1. The Balaban J connectivity index is 2.12. The average Bonchev–Trinajstić information content (AvgIpc) is 2.28. The van der Waals surface area contributed by atoms with Crippen LogP contribution in [0, 0.1) is 5.95 Å². The van der Waals surface area contributed by atoms with Crippen molar-refractivity contribution < 1.29 is 4.39 Å². The van der Waals surface area contributed by atoms with Crippen molar-refractivity contribution in [3.63, 3.8) is 0 Å². The van der Waals surface area contributed by atoms with E-state index in [1.807, 2.05) is 0 Å². The van der Waals surface area contributed by atoms with Crippen LogP contribution in [0.1, 0.15) is 26.7 Å². The maximum absolute atomic E-state index is 12.7. The van der Waals surface area contributed by atoms with Gasteiger partial charge in [0.15, 0.2) is 0 Å². The second-order valence-electron chi connectivity index (χ2n) is 4.43. The van der Waals surface area contributed by atoms with Crippen molar-refractivity contribution in [3.8, 4) is 0 Å². The Morgan fingerprint density at radius 3 is 2.76 bits per heavy atom. The van der Waals surface area contributed by atoms with Gasteiger partial charge >= 0.3 is 0 Å². The monoisotopic (exact) mass is 240 g/mol. The molecule has 0 atom stereocenters. The predicted molar refractivity (Wildman–Crippen MR) is 67.5 cm³/mol. The minimum atomic E-state index is -0.498. The largest absolute Gasteiger partial charge is 0.370 e. The Kier molecular flexibility index (Phi) is 5.83. The maximum Gasteiger partial charge on any atom is 0.217 e. The Morgan fingerprint density at radius 2 is 2.12 bits per heavy atom. The van der Waals surface area contributed by atoms with Crippen LogP contribution in [0.15, 0.2) is 12.4 Å². The van der Waals surface area contributed by atoms with Crippen molar-refractivity contribution in [2.75, 3.05) is 25.5 Å². The molecule has 0 aliphatic rings. The van der Waals surface area contributed by atoms with Crippen LogP contribution in [-0.2, 0) is 0 Å². The highest BCUT2D eigenvalue weighted by Gasteiger charge is 2.02. The van der Waals surface area contributed by atoms with Gasteiger partial charge in [-0.1, -0.05) is 0 Å². The topological polar surface area (TPSA) is 41.0 Å². The van der Waals surface area contributed by atoms with Gasteiger partial charge in [-0.25, -0.2) is 9.97 Å². The third kappa shape index (κ3) is 5.58. The smallest absolute Gasteiger partial charge is 0.217 e. The minimum Gasteiger partial charge on any atom is -0.370 e. The lowest BCUT2D eigenvalue weighted by atomic mass is 10.2. The first-order valence-corrected chi connectivity index (χ1v) is 6.01. The fourth-order valence-corrected chi connectivity index (χ4v) is 1.39. The van der Waals surface area contributed by atoms with Crippen molar-refractivity contribution in [3.05, 3.63) is 18.3 Å². The number of aromatic nitrogens is 2. The van der Waals surface area contributed by atoms with Crippen molar-refractivity contribution in [2.24, 2.45) is 0 Å². The van der Waals surface area contributed by atoms with E-state index in [1.165, 1.54) is 12.4 Å². The Bertz CT molecular complexity index is 330. The van der Waals surface area contributed by atoms with E-state index >= 15 is 0 Å². The lowest BCUT2D eigenvalue weighted by Gasteiger charge is -2.20. The zero-order valence-electron chi connectivity index (χ0n) is 10.8. The zero-order chi connectivity index (χ0) is 12.7. The highest BCUT2D eigenvalue weighted by molar-refractivity contribution is 5.31. The molecule has 0 bridgehead atoms. The number of nitrogens with zero attached hydrogens (tertiary/aromatic N) is 3. The molecule has 0 spiro atoms. The molecular formula is C12H21FN4. The number of hydrogen-bond donors (Lipinski definition) is 1. The third-order valence-corrected chi connectivity index (χ3v) is 2.76. The molecule has 1 rings (SSSR count). The number of nitrogens with one attached hydrogen (secondary N) is 1. The molecule has 1 aromatic heterocycles. The lowest BCUT2D eigenvalue weighted by Crippen LogP contribution is -2.27. The van der Waals surface area contributed by atoms with Gasteiger partial charge < -0.3 is 10.2 Å². The molecule has 0 aliphatic carbocycles. The normalized spacial score (nSPS) is 11.2. The van der Waals surface area contributed by atoms with Gasteiger partial charge in [0.1, 0.15) is 12.1 Å². The minimum absolute atomic E-state index is 0.498. The third-order valence-electron chi connectivity index (χ3n) is 2.76. The zero-order valence-corrected chi connectivity index (χ0v) is 10.8. The summed E-state index contributed by atoms with van der Waals surface area (Å²) in [7, 11) is 2.12. The van der Waals surface area contributed by atoms with E-state index in [0.717, 1.165) is 25.9 Å². The number of halogens is 1. The first kappa shape index (κ1) is 13.8. The summed E-state index contributed by atoms with van der Waals surface area (Å²) in [6.07, 6.45) is 3.39. The van der Waals surface area contributed by atoms with Crippen LogP contribution in [0.4, 0.5) is 10.2 Å². The molecule has 0 unspecified atom stereocenters. The fraction of sp³-hybridized carbons (Fsp3) is 0.667.